The monoisotopic (exact) mass is 604 g/mol. The smallest absolute Gasteiger partial charge is 0.396 e. The van der Waals surface area contributed by atoms with E-state index in [4.69, 9.17) is 29.8 Å². The van der Waals surface area contributed by atoms with E-state index in [1.165, 1.54) is 13.1 Å². The Kier molecular flexibility index (Phi) is 12.3. The van der Waals surface area contributed by atoms with Crippen LogP contribution in [0.5, 0.6) is 0 Å². The standard InChI is InChI=1S/C10H15N2O8P.C8H4O3.C6H14O3/c1-5-3-12(10(15)11-9(5)14)8-2-6(13)7(20-8)4-19-21(16,17)18;9-7-5-3-1-2-4-6(5)8(10)11-7;1-2-6(3-7,4-8)5-9/h3,6-8,13H,2,4H2,1H3,(H,11,14,15)(H2,16,17,18);1-4H;7-9H,2-5H2,1H3/t6-,7+,8+;;/m0../s1. The van der Waals surface area contributed by atoms with Crippen LogP contribution in [-0.2, 0) is 18.6 Å². The molecule has 2 aliphatic heterocycles. The Morgan fingerprint density at radius 2 is 1.59 bits per heavy atom. The number of carbonyl (C=O) groups is 2. The van der Waals surface area contributed by atoms with Crippen LogP contribution < -0.4 is 11.2 Å². The van der Waals surface area contributed by atoms with Gasteiger partial charge in [0.1, 0.15) is 12.3 Å². The molecular weight excluding hydrogens is 571 g/mol. The summed E-state index contributed by atoms with van der Waals surface area (Å²) in [6, 6.07) is 6.53. The predicted octanol–water partition coefficient (Wildman–Crippen LogP) is -1.04. The van der Waals surface area contributed by atoms with Gasteiger partial charge in [0.25, 0.3) is 5.56 Å². The molecule has 0 bridgehead atoms. The van der Waals surface area contributed by atoms with Crippen molar-refractivity contribution in [3.8, 4) is 0 Å². The summed E-state index contributed by atoms with van der Waals surface area (Å²) < 4.78 is 25.7. The molecule has 41 heavy (non-hydrogen) atoms. The lowest BCUT2D eigenvalue weighted by Crippen LogP contribution is -2.33. The highest BCUT2D eigenvalue weighted by atomic mass is 31.2. The van der Waals surface area contributed by atoms with Crippen molar-refractivity contribution >= 4 is 19.8 Å². The molecule has 0 radical (unpaired) electrons. The Morgan fingerprint density at radius 1 is 1.05 bits per heavy atom. The van der Waals surface area contributed by atoms with Crippen molar-refractivity contribution in [3.63, 3.8) is 0 Å². The lowest BCUT2D eigenvalue weighted by Gasteiger charge is -2.24. The van der Waals surface area contributed by atoms with Gasteiger partial charge in [0.15, 0.2) is 0 Å². The van der Waals surface area contributed by atoms with Gasteiger partial charge in [0, 0.05) is 23.6 Å². The van der Waals surface area contributed by atoms with Crippen molar-refractivity contribution in [2.45, 2.75) is 45.1 Å². The maximum atomic E-state index is 11.7. The number of hydrogen-bond donors (Lipinski definition) is 7. The molecule has 2 aromatic rings. The molecule has 1 aromatic heterocycles. The summed E-state index contributed by atoms with van der Waals surface area (Å²) in [6.45, 7) is 2.35. The molecule has 1 fully saturated rings. The molecule has 16 nitrogen and oxygen atoms in total. The SMILES string of the molecule is CCC(CO)(CO)CO.Cc1cn([C@H]2C[C@H](O)[C@@H](COP(=O)(O)O)O2)c(=O)[nH]c1=O.O=C1OC(=O)c2ccccc21. The molecule has 0 spiro atoms. The van der Waals surface area contributed by atoms with E-state index >= 15 is 0 Å². The number of ether oxygens (including phenoxy) is 2. The fraction of sp³-hybridized carbons (Fsp3) is 0.500. The number of carbonyl (C=O) groups excluding carboxylic acids is 2. The van der Waals surface area contributed by atoms with Crippen LogP contribution in [0.3, 0.4) is 0 Å². The maximum Gasteiger partial charge on any atom is 0.469 e. The van der Waals surface area contributed by atoms with Crippen molar-refractivity contribution in [2.24, 2.45) is 5.41 Å². The second kappa shape index (κ2) is 14.7. The molecular formula is C24H33N2O14P. The predicted molar refractivity (Wildman–Crippen MR) is 139 cm³/mol. The summed E-state index contributed by atoms with van der Waals surface area (Å²) in [6.07, 6.45) is -0.974. The summed E-state index contributed by atoms with van der Waals surface area (Å²) in [5, 5.41) is 35.8. The van der Waals surface area contributed by atoms with E-state index in [-0.39, 0.29) is 26.2 Å². The molecule has 17 heteroatoms. The van der Waals surface area contributed by atoms with Crippen LogP contribution in [0.1, 0.15) is 52.3 Å². The molecule has 7 N–H and O–H groups in total. The fourth-order valence-electron chi connectivity index (χ4n) is 3.53. The van der Waals surface area contributed by atoms with Crippen LogP contribution in [0.25, 0.3) is 0 Å². The highest BCUT2D eigenvalue weighted by Gasteiger charge is 2.37. The number of fused-ring (bicyclic) bond motifs is 1. The molecule has 228 valence electrons. The summed E-state index contributed by atoms with van der Waals surface area (Å²) in [5.74, 6) is -1.10. The summed E-state index contributed by atoms with van der Waals surface area (Å²) >= 11 is 0. The first-order valence-electron chi connectivity index (χ1n) is 12.2. The zero-order valence-corrected chi connectivity index (χ0v) is 23.1. The normalized spacial score (nSPS) is 20.0. The van der Waals surface area contributed by atoms with Crippen LogP contribution in [0.2, 0.25) is 0 Å². The number of rotatable bonds is 8. The minimum absolute atomic E-state index is 0.0283. The Hall–Kier alpha value is -3.05. The van der Waals surface area contributed by atoms with E-state index in [1.54, 1.807) is 24.3 Å². The van der Waals surface area contributed by atoms with E-state index in [2.05, 4.69) is 14.2 Å². The average molecular weight is 605 g/mol. The van der Waals surface area contributed by atoms with E-state index < -0.39 is 61.5 Å². The number of H-pyrrole nitrogens is 1. The Morgan fingerprint density at radius 3 is 2.02 bits per heavy atom. The van der Waals surface area contributed by atoms with Crippen LogP contribution >= 0.6 is 7.82 Å². The van der Waals surface area contributed by atoms with Gasteiger partial charge in [-0.3, -0.25) is 18.9 Å². The molecule has 0 aliphatic carbocycles. The lowest BCUT2D eigenvalue weighted by atomic mass is 9.88. The first-order valence-corrected chi connectivity index (χ1v) is 13.8. The number of cyclic esters (lactones) is 2. The number of aliphatic hydroxyl groups is 4. The highest BCUT2D eigenvalue weighted by Crippen LogP contribution is 2.38. The van der Waals surface area contributed by atoms with Crippen molar-refractivity contribution in [1.29, 1.82) is 0 Å². The third-order valence-electron chi connectivity index (χ3n) is 6.38. The third kappa shape index (κ3) is 9.22. The molecule has 2 aliphatic rings. The molecule has 0 unspecified atom stereocenters. The Balaban J connectivity index is 0.000000245. The van der Waals surface area contributed by atoms with Crippen LogP contribution in [0.15, 0.2) is 40.1 Å². The Bertz CT molecular complexity index is 1310. The Labute approximate surface area is 233 Å². The number of aromatic amines is 1. The molecule has 1 aromatic carbocycles. The average Bonchev–Trinajstić information content (AvgIpc) is 3.45. The molecule has 4 rings (SSSR count). The van der Waals surface area contributed by atoms with Crippen molar-refractivity contribution in [1.82, 2.24) is 9.55 Å². The molecule has 0 amide bonds. The number of phosphoric ester groups is 1. The van der Waals surface area contributed by atoms with Gasteiger partial charge in [-0.15, -0.1) is 0 Å². The van der Waals surface area contributed by atoms with Gasteiger partial charge in [0.2, 0.25) is 0 Å². The van der Waals surface area contributed by atoms with Crippen molar-refractivity contribution in [2.75, 3.05) is 26.4 Å². The fourth-order valence-corrected chi connectivity index (χ4v) is 3.87. The largest absolute Gasteiger partial charge is 0.469 e. The van der Waals surface area contributed by atoms with Gasteiger partial charge in [0.05, 0.1) is 43.7 Å². The number of phosphoric acid groups is 1. The number of nitrogens with zero attached hydrogens (tertiary/aromatic N) is 1. The van der Waals surface area contributed by atoms with Crippen molar-refractivity contribution < 1.29 is 58.4 Å². The number of hydrogen-bond acceptors (Lipinski definition) is 12. The highest BCUT2D eigenvalue weighted by molar-refractivity contribution is 7.46. The minimum Gasteiger partial charge on any atom is -0.396 e. The molecule has 1 saturated heterocycles. The first kappa shape index (κ1) is 34.2. The van der Waals surface area contributed by atoms with E-state index in [0.717, 1.165) is 4.57 Å². The van der Waals surface area contributed by atoms with E-state index in [9.17, 15) is 28.8 Å². The summed E-state index contributed by atoms with van der Waals surface area (Å²) in [7, 11) is -4.67. The van der Waals surface area contributed by atoms with E-state index in [0.29, 0.717) is 23.1 Å². The zero-order chi connectivity index (χ0) is 31.0. The lowest BCUT2D eigenvalue weighted by molar-refractivity contribution is -0.0451. The summed E-state index contributed by atoms with van der Waals surface area (Å²) in [5.41, 5.74) is -0.867. The van der Waals surface area contributed by atoms with Gasteiger partial charge in [-0.25, -0.2) is 18.9 Å². The van der Waals surface area contributed by atoms with Gasteiger partial charge < -0.3 is 39.7 Å². The van der Waals surface area contributed by atoms with Crippen LogP contribution in [0.4, 0.5) is 0 Å². The number of aromatic nitrogens is 2. The van der Waals surface area contributed by atoms with Gasteiger partial charge >= 0.3 is 25.5 Å². The number of aryl methyl sites for hydroxylation is 1. The van der Waals surface area contributed by atoms with Gasteiger partial charge in [-0.1, -0.05) is 19.1 Å². The number of esters is 2. The van der Waals surface area contributed by atoms with Crippen LogP contribution in [0, 0.1) is 12.3 Å². The van der Waals surface area contributed by atoms with Crippen LogP contribution in [-0.4, -0.2) is 90.3 Å². The van der Waals surface area contributed by atoms with E-state index in [1.807, 2.05) is 6.92 Å². The second-order valence-corrected chi connectivity index (χ2v) is 10.5. The molecule has 0 saturated carbocycles. The van der Waals surface area contributed by atoms with Gasteiger partial charge in [-0.2, -0.15) is 0 Å². The summed E-state index contributed by atoms with van der Waals surface area (Å²) in [4.78, 5) is 64.0. The zero-order valence-electron chi connectivity index (χ0n) is 22.2. The quantitative estimate of drug-likeness (QED) is 0.108. The third-order valence-corrected chi connectivity index (χ3v) is 6.86. The molecule has 3 heterocycles. The topological polar surface area (TPSA) is 255 Å². The number of aliphatic hydroxyl groups excluding tert-OH is 4. The molecule has 3 atom stereocenters. The maximum absolute atomic E-state index is 11.7. The van der Waals surface area contributed by atoms with Crippen molar-refractivity contribution in [3.05, 3.63) is 68.0 Å². The number of benzene rings is 1. The second-order valence-electron chi connectivity index (χ2n) is 9.25. The number of nitrogens with one attached hydrogen (secondary N) is 1. The minimum atomic E-state index is -4.67. The van der Waals surface area contributed by atoms with Gasteiger partial charge in [-0.05, 0) is 25.5 Å². The first-order chi connectivity index (χ1) is 19.2.